The summed E-state index contributed by atoms with van der Waals surface area (Å²) in [6.45, 7) is 2.69. The van der Waals surface area contributed by atoms with Gasteiger partial charge in [-0.25, -0.2) is 0 Å². The molecule has 0 spiro atoms. The molecule has 0 fully saturated rings. The molecule has 0 aliphatic carbocycles. The number of carbonyl (C=O) groups is 1. The molecule has 1 unspecified atom stereocenters. The largest absolute Gasteiger partial charge is 0.344 e. The molecule has 3 nitrogen and oxygen atoms in total. The number of carbonyl (C=O) groups excluding carboxylic acids is 1. The number of likely N-dealkylation sites (N-methyl/N-ethyl adjacent to an activating group) is 1. The second-order valence-corrected chi connectivity index (χ2v) is 5.38. The van der Waals surface area contributed by atoms with Crippen molar-refractivity contribution in [1.29, 1.82) is 0 Å². The van der Waals surface area contributed by atoms with Gasteiger partial charge in [0.25, 0.3) is 0 Å². The second-order valence-electron chi connectivity index (χ2n) is 5.38. The van der Waals surface area contributed by atoms with Crippen molar-refractivity contribution in [3.05, 3.63) is 71.3 Å². The molecule has 0 aromatic heterocycles. The standard InChI is InChI=1S/C18H22N2O.ClH/c1-14-8-10-16(11-9-14)17(19)18(21)20(2)13-12-15-6-4-3-5-7-15;/h3-11,17H,12-13,19H2,1-2H3;1H. The van der Waals surface area contributed by atoms with E-state index in [1.54, 1.807) is 11.9 Å². The molecule has 118 valence electrons. The number of halogens is 1. The van der Waals surface area contributed by atoms with Crippen LogP contribution in [-0.4, -0.2) is 24.4 Å². The number of amides is 1. The maximum Gasteiger partial charge on any atom is 0.243 e. The van der Waals surface area contributed by atoms with Crippen molar-refractivity contribution in [2.45, 2.75) is 19.4 Å². The Morgan fingerprint density at radius 2 is 1.68 bits per heavy atom. The summed E-state index contributed by atoms with van der Waals surface area (Å²) in [5.41, 5.74) is 9.31. The molecule has 2 N–H and O–H groups in total. The van der Waals surface area contributed by atoms with Gasteiger partial charge in [-0.05, 0) is 24.5 Å². The van der Waals surface area contributed by atoms with Gasteiger partial charge >= 0.3 is 0 Å². The van der Waals surface area contributed by atoms with Crippen LogP contribution in [0.2, 0.25) is 0 Å². The van der Waals surface area contributed by atoms with E-state index in [1.165, 1.54) is 5.56 Å². The predicted octanol–water partition coefficient (Wildman–Crippen LogP) is 3.12. The van der Waals surface area contributed by atoms with E-state index in [1.807, 2.05) is 49.4 Å². The molecule has 1 amide bonds. The molecular formula is C18H23ClN2O. The number of nitrogens with two attached hydrogens (primary N) is 1. The zero-order valence-corrected chi connectivity index (χ0v) is 13.8. The average molecular weight is 319 g/mol. The fourth-order valence-corrected chi connectivity index (χ4v) is 2.21. The van der Waals surface area contributed by atoms with Crippen molar-refractivity contribution >= 4 is 18.3 Å². The van der Waals surface area contributed by atoms with Crippen LogP contribution in [0.25, 0.3) is 0 Å². The molecule has 2 aromatic carbocycles. The Morgan fingerprint density at radius 1 is 1.09 bits per heavy atom. The minimum atomic E-state index is -0.591. The first-order valence-electron chi connectivity index (χ1n) is 7.19. The Hall–Kier alpha value is -1.84. The van der Waals surface area contributed by atoms with Crippen LogP contribution in [0.1, 0.15) is 22.7 Å². The lowest BCUT2D eigenvalue weighted by molar-refractivity contribution is -0.131. The highest BCUT2D eigenvalue weighted by atomic mass is 35.5. The zero-order valence-electron chi connectivity index (χ0n) is 13.0. The van der Waals surface area contributed by atoms with E-state index < -0.39 is 6.04 Å². The SMILES string of the molecule is Cc1ccc(C(N)C(=O)N(C)CCc2ccccc2)cc1.Cl. The first-order valence-corrected chi connectivity index (χ1v) is 7.19. The summed E-state index contributed by atoms with van der Waals surface area (Å²) in [4.78, 5) is 14.1. The van der Waals surface area contributed by atoms with Crippen molar-refractivity contribution in [1.82, 2.24) is 4.90 Å². The van der Waals surface area contributed by atoms with Crippen molar-refractivity contribution in [2.75, 3.05) is 13.6 Å². The van der Waals surface area contributed by atoms with Crippen LogP contribution < -0.4 is 5.73 Å². The van der Waals surface area contributed by atoms with E-state index in [2.05, 4.69) is 12.1 Å². The highest BCUT2D eigenvalue weighted by Crippen LogP contribution is 2.14. The third-order valence-electron chi connectivity index (χ3n) is 3.66. The minimum absolute atomic E-state index is 0. The van der Waals surface area contributed by atoms with Crippen LogP contribution in [0, 0.1) is 6.92 Å². The number of benzene rings is 2. The molecule has 0 radical (unpaired) electrons. The quantitative estimate of drug-likeness (QED) is 0.920. The van der Waals surface area contributed by atoms with E-state index in [9.17, 15) is 4.79 Å². The van der Waals surface area contributed by atoms with E-state index in [0.29, 0.717) is 6.54 Å². The monoisotopic (exact) mass is 318 g/mol. The first-order chi connectivity index (χ1) is 10.1. The molecule has 0 bridgehead atoms. The van der Waals surface area contributed by atoms with Gasteiger partial charge < -0.3 is 10.6 Å². The van der Waals surface area contributed by atoms with Crippen LogP contribution in [0.3, 0.4) is 0 Å². The van der Waals surface area contributed by atoms with Gasteiger partial charge in [0.15, 0.2) is 0 Å². The predicted molar refractivity (Wildman–Crippen MR) is 93.1 cm³/mol. The lowest BCUT2D eigenvalue weighted by Gasteiger charge is -2.21. The van der Waals surface area contributed by atoms with Crippen molar-refractivity contribution < 1.29 is 4.79 Å². The Balaban J connectivity index is 0.00000242. The Morgan fingerprint density at radius 3 is 2.27 bits per heavy atom. The molecule has 4 heteroatoms. The van der Waals surface area contributed by atoms with Crippen LogP contribution >= 0.6 is 12.4 Å². The highest BCUT2D eigenvalue weighted by molar-refractivity contribution is 5.85. The van der Waals surface area contributed by atoms with Gasteiger partial charge in [0.1, 0.15) is 6.04 Å². The average Bonchev–Trinajstić information content (AvgIpc) is 2.53. The van der Waals surface area contributed by atoms with Gasteiger partial charge in [-0.3, -0.25) is 4.79 Å². The van der Waals surface area contributed by atoms with E-state index in [-0.39, 0.29) is 18.3 Å². The van der Waals surface area contributed by atoms with E-state index in [4.69, 9.17) is 5.73 Å². The maximum absolute atomic E-state index is 12.4. The Labute approximate surface area is 138 Å². The lowest BCUT2D eigenvalue weighted by atomic mass is 10.0. The summed E-state index contributed by atoms with van der Waals surface area (Å²) in [5.74, 6) is -0.0465. The molecule has 2 aromatic rings. The fraction of sp³-hybridized carbons (Fsp3) is 0.278. The molecule has 0 aliphatic heterocycles. The van der Waals surface area contributed by atoms with Gasteiger partial charge in [0.05, 0.1) is 0 Å². The summed E-state index contributed by atoms with van der Waals surface area (Å²) in [5, 5.41) is 0. The second kappa shape index (κ2) is 8.57. The number of hydrogen-bond donors (Lipinski definition) is 1. The van der Waals surface area contributed by atoms with E-state index >= 15 is 0 Å². The Bertz CT molecular complexity index is 584. The van der Waals surface area contributed by atoms with Crippen LogP contribution in [0.4, 0.5) is 0 Å². The first kappa shape index (κ1) is 18.2. The molecular weight excluding hydrogens is 296 g/mol. The number of nitrogens with zero attached hydrogens (tertiary/aromatic N) is 1. The van der Waals surface area contributed by atoms with Crippen molar-refractivity contribution in [3.8, 4) is 0 Å². The number of aryl methyl sites for hydroxylation is 1. The fourth-order valence-electron chi connectivity index (χ4n) is 2.21. The van der Waals surface area contributed by atoms with Gasteiger partial charge in [-0.1, -0.05) is 60.2 Å². The third-order valence-corrected chi connectivity index (χ3v) is 3.66. The number of rotatable bonds is 5. The highest BCUT2D eigenvalue weighted by Gasteiger charge is 2.19. The van der Waals surface area contributed by atoms with Gasteiger partial charge in [-0.2, -0.15) is 0 Å². The number of hydrogen-bond acceptors (Lipinski definition) is 2. The van der Waals surface area contributed by atoms with Crippen LogP contribution in [0.15, 0.2) is 54.6 Å². The van der Waals surface area contributed by atoms with Crippen molar-refractivity contribution in [2.24, 2.45) is 5.73 Å². The van der Waals surface area contributed by atoms with Crippen LogP contribution in [-0.2, 0) is 11.2 Å². The smallest absolute Gasteiger partial charge is 0.243 e. The van der Waals surface area contributed by atoms with Gasteiger partial charge in [0, 0.05) is 13.6 Å². The summed E-state index contributed by atoms with van der Waals surface area (Å²) < 4.78 is 0. The maximum atomic E-state index is 12.4. The minimum Gasteiger partial charge on any atom is -0.344 e. The molecule has 0 saturated heterocycles. The summed E-state index contributed by atoms with van der Waals surface area (Å²) in [7, 11) is 1.80. The van der Waals surface area contributed by atoms with Gasteiger partial charge in [-0.15, -0.1) is 12.4 Å². The van der Waals surface area contributed by atoms with Gasteiger partial charge in [0.2, 0.25) is 5.91 Å². The topological polar surface area (TPSA) is 46.3 Å². The summed E-state index contributed by atoms with van der Waals surface area (Å²) >= 11 is 0. The third kappa shape index (κ3) is 4.86. The normalized spacial score (nSPS) is 11.4. The molecule has 0 saturated carbocycles. The Kier molecular flexibility index (Phi) is 7.09. The van der Waals surface area contributed by atoms with Crippen LogP contribution in [0.5, 0.6) is 0 Å². The molecule has 0 aliphatic rings. The summed E-state index contributed by atoms with van der Waals surface area (Å²) in [6.07, 6.45) is 0.837. The molecule has 0 heterocycles. The summed E-state index contributed by atoms with van der Waals surface area (Å²) in [6, 6.07) is 17.4. The molecule has 22 heavy (non-hydrogen) atoms. The molecule has 1 atom stereocenters. The molecule has 2 rings (SSSR count). The lowest BCUT2D eigenvalue weighted by Crippen LogP contribution is -2.37. The zero-order chi connectivity index (χ0) is 15.2. The van der Waals surface area contributed by atoms with Crippen molar-refractivity contribution in [3.63, 3.8) is 0 Å². The van der Waals surface area contributed by atoms with E-state index in [0.717, 1.165) is 17.5 Å².